The quantitative estimate of drug-likeness (QED) is 0.648. The molecule has 1 aliphatic heterocycles. The lowest BCUT2D eigenvalue weighted by Gasteiger charge is -2.59. The van der Waals surface area contributed by atoms with Crippen LogP contribution in [0, 0.1) is 11.3 Å². The Morgan fingerprint density at radius 1 is 1.06 bits per heavy atom. The number of amides is 1. The van der Waals surface area contributed by atoms with Crippen LogP contribution in [0.2, 0.25) is 0 Å². The number of hydrogen-bond donors (Lipinski definition) is 2. The highest BCUT2D eigenvalue weighted by Crippen LogP contribution is 2.54. The first kappa shape index (κ1) is 24.4. The Balaban J connectivity index is 1.36. The van der Waals surface area contributed by atoms with Crippen molar-refractivity contribution < 1.29 is 9.59 Å². The van der Waals surface area contributed by atoms with Gasteiger partial charge in [-0.05, 0) is 82.4 Å². The number of hydrogen-bond acceptors (Lipinski definition) is 4. The molecule has 182 valence electrons. The Morgan fingerprint density at radius 3 is 2.27 bits per heavy atom. The van der Waals surface area contributed by atoms with E-state index in [1.54, 1.807) is 6.92 Å². The molecule has 1 aromatic rings. The van der Waals surface area contributed by atoms with Crippen molar-refractivity contribution in [2.45, 2.75) is 102 Å². The van der Waals surface area contributed by atoms with Crippen molar-refractivity contribution in [1.82, 2.24) is 10.2 Å². The first-order chi connectivity index (χ1) is 15.7. The summed E-state index contributed by atoms with van der Waals surface area (Å²) in [5.41, 5.74) is 7.33. The minimum Gasteiger partial charge on any atom is -0.353 e. The fourth-order valence-electron chi connectivity index (χ4n) is 6.86. The summed E-state index contributed by atoms with van der Waals surface area (Å²) in [6, 6.07) is 11.1. The van der Waals surface area contributed by atoms with Gasteiger partial charge in [-0.15, -0.1) is 0 Å². The van der Waals surface area contributed by atoms with Crippen LogP contribution in [0.1, 0.15) is 84.1 Å². The van der Waals surface area contributed by atoms with Gasteiger partial charge in [0.15, 0.2) is 0 Å². The van der Waals surface area contributed by atoms with Gasteiger partial charge >= 0.3 is 0 Å². The van der Waals surface area contributed by atoms with Crippen LogP contribution >= 0.6 is 0 Å². The molecule has 5 nitrogen and oxygen atoms in total. The zero-order chi connectivity index (χ0) is 23.7. The number of ketones is 1. The van der Waals surface area contributed by atoms with Crippen LogP contribution in [0.4, 0.5) is 0 Å². The number of likely N-dealkylation sites (tertiary alicyclic amines) is 1. The van der Waals surface area contributed by atoms with Crippen molar-refractivity contribution in [3.8, 4) is 0 Å². The van der Waals surface area contributed by atoms with Gasteiger partial charge in [0, 0.05) is 29.5 Å². The molecule has 3 aliphatic rings. The zero-order valence-electron chi connectivity index (χ0n) is 20.9. The van der Waals surface area contributed by atoms with Crippen LogP contribution in [-0.4, -0.2) is 46.8 Å². The van der Waals surface area contributed by atoms with E-state index in [2.05, 4.69) is 40.5 Å². The normalized spacial score (nSPS) is 34.3. The molecule has 2 atom stereocenters. The predicted octanol–water partition coefficient (Wildman–Crippen LogP) is 4.24. The van der Waals surface area contributed by atoms with Gasteiger partial charge in [0.05, 0.1) is 0 Å². The third kappa shape index (κ3) is 4.90. The molecule has 3 N–H and O–H groups in total. The molecule has 1 amide bonds. The molecule has 1 aromatic carbocycles. The largest absolute Gasteiger partial charge is 0.353 e. The molecular weight excluding hydrogens is 410 g/mol. The molecule has 1 saturated heterocycles. The molecule has 5 heteroatoms. The molecule has 0 bridgehead atoms. The maximum atomic E-state index is 13.0. The lowest BCUT2D eigenvalue weighted by molar-refractivity contribution is -0.145. The minimum absolute atomic E-state index is 0.0341. The second kappa shape index (κ2) is 9.50. The van der Waals surface area contributed by atoms with E-state index in [0.29, 0.717) is 12.8 Å². The topological polar surface area (TPSA) is 75.4 Å². The van der Waals surface area contributed by atoms with Crippen LogP contribution in [0.5, 0.6) is 0 Å². The van der Waals surface area contributed by atoms with Gasteiger partial charge < -0.3 is 11.1 Å². The van der Waals surface area contributed by atoms with Crippen molar-refractivity contribution in [3.05, 3.63) is 35.9 Å². The number of nitrogens with one attached hydrogen (secondary N) is 1. The number of Topliss-reactive ketones (excluding diaryl/α,β-unsaturated/α-hetero) is 1. The van der Waals surface area contributed by atoms with Gasteiger partial charge in [-0.2, -0.15) is 0 Å². The number of carbonyl (C=O) groups excluding carboxylic acids is 2. The second-order valence-corrected chi connectivity index (χ2v) is 11.7. The van der Waals surface area contributed by atoms with Crippen molar-refractivity contribution in [1.29, 1.82) is 0 Å². The van der Waals surface area contributed by atoms with E-state index < -0.39 is 5.54 Å². The van der Waals surface area contributed by atoms with Crippen molar-refractivity contribution >= 4 is 11.7 Å². The van der Waals surface area contributed by atoms with E-state index in [1.807, 2.05) is 13.8 Å². The fraction of sp³-hybridized carbons (Fsp3) is 0.714. The summed E-state index contributed by atoms with van der Waals surface area (Å²) in [6.07, 6.45) is 10.2. The molecule has 3 fully saturated rings. The van der Waals surface area contributed by atoms with E-state index in [-0.39, 0.29) is 34.6 Å². The van der Waals surface area contributed by atoms with Gasteiger partial charge in [0.1, 0.15) is 5.78 Å². The Morgan fingerprint density at radius 2 is 1.70 bits per heavy atom. The van der Waals surface area contributed by atoms with Gasteiger partial charge in [-0.25, -0.2) is 0 Å². The van der Waals surface area contributed by atoms with Gasteiger partial charge in [-0.3, -0.25) is 14.5 Å². The molecule has 2 unspecified atom stereocenters. The van der Waals surface area contributed by atoms with Crippen LogP contribution < -0.4 is 11.1 Å². The first-order valence-electron chi connectivity index (χ1n) is 13.0. The Kier molecular flexibility index (Phi) is 7.02. The molecular formula is C28H43N3O2. The Bertz CT molecular complexity index is 838. The fourth-order valence-corrected chi connectivity index (χ4v) is 6.86. The van der Waals surface area contributed by atoms with Crippen LogP contribution in [0.15, 0.2) is 30.3 Å². The van der Waals surface area contributed by atoms with Crippen LogP contribution in [-0.2, 0) is 16.0 Å². The van der Waals surface area contributed by atoms with E-state index in [1.165, 1.54) is 37.9 Å². The molecule has 2 saturated carbocycles. The highest BCUT2D eigenvalue weighted by molar-refractivity contribution is 5.83. The minimum atomic E-state index is -0.590. The number of nitrogens with two attached hydrogens (primary N) is 1. The smallest absolute Gasteiger partial charge is 0.222 e. The lowest BCUT2D eigenvalue weighted by Crippen LogP contribution is -2.69. The van der Waals surface area contributed by atoms with Gasteiger partial charge in [-0.1, -0.05) is 50.6 Å². The SMILES string of the molecule is CC(=O)C1CC(N)(CC(=O)NC2CCC(Cc3ccccc3)(N3CCCCC3)CC2)C1(C)C. The van der Waals surface area contributed by atoms with E-state index in [9.17, 15) is 9.59 Å². The molecule has 0 spiro atoms. The maximum Gasteiger partial charge on any atom is 0.222 e. The number of benzene rings is 1. The average molecular weight is 454 g/mol. The van der Waals surface area contributed by atoms with E-state index >= 15 is 0 Å². The standard InChI is InChI=1S/C28H43N3O2/c1-21(32)24-19-28(29,26(24,2)3)20-25(33)30-23-12-14-27(15-13-23,31-16-8-5-9-17-31)18-22-10-6-4-7-11-22/h4,6-7,10-11,23-24H,5,8-9,12-20,29H2,1-3H3,(H,30,33). The van der Waals surface area contributed by atoms with Gasteiger partial charge in [0.2, 0.25) is 5.91 Å². The summed E-state index contributed by atoms with van der Waals surface area (Å²) in [6.45, 7) is 8.11. The molecule has 1 heterocycles. The molecule has 0 aromatic heterocycles. The van der Waals surface area contributed by atoms with Crippen molar-refractivity contribution in [3.63, 3.8) is 0 Å². The summed E-state index contributed by atoms with van der Waals surface area (Å²) in [4.78, 5) is 27.6. The summed E-state index contributed by atoms with van der Waals surface area (Å²) in [7, 11) is 0. The molecule has 2 aliphatic carbocycles. The van der Waals surface area contributed by atoms with Crippen LogP contribution in [0.25, 0.3) is 0 Å². The summed E-state index contributed by atoms with van der Waals surface area (Å²) >= 11 is 0. The van der Waals surface area contributed by atoms with Crippen molar-refractivity contribution in [2.24, 2.45) is 17.1 Å². The predicted molar refractivity (Wildman–Crippen MR) is 133 cm³/mol. The highest BCUT2D eigenvalue weighted by Gasteiger charge is 2.59. The zero-order valence-corrected chi connectivity index (χ0v) is 20.9. The Labute approximate surface area is 199 Å². The molecule has 33 heavy (non-hydrogen) atoms. The lowest BCUT2D eigenvalue weighted by atomic mass is 9.48. The maximum absolute atomic E-state index is 13.0. The Hall–Kier alpha value is -1.72. The van der Waals surface area contributed by atoms with Crippen molar-refractivity contribution in [2.75, 3.05) is 13.1 Å². The summed E-state index contributed by atoms with van der Waals surface area (Å²) in [5.74, 6) is 0.195. The summed E-state index contributed by atoms with van der Waals surface area (Å²) in [5, 5.41) is 3.31. The van der Waals surface area contributed by atoms with E-state index in [4.69, 9.17) is 5.73 Å². The number of rotatable bonds is 7. The third-order valence-corrected chi connectivity index (χ3v) is 9.37. The third-order valence-electron chi connectivity index (χ3n) is 9.37. The van der Waals surface area contributed by atoms with Crippen LogP contribution in [0.3, 0.4) is 0 Å². The van der Waals surface area contributed by atoms with Gasteiger partial charge in [0.25, 0.3) is 0 Å². The second-order valence-electron chi connectivity index (χ2n) is 11.7. The molecule has 4 rings (SSSR count). The average Bonchev–Trinajstić information content (AvgIpc) is 2.80. The monoisotopic (exact) mass is 453 g/mol. The molecule has 0 radical (unpaired) electrons. The summed E-state index contributed by atoms with van der Waals surface area (Å²) < 4.78 is 0. The first-order valence-corrected chi connectivity index (χ1v) is 13.0. The number of nitrogens with zero attached hydrogens (tertiary/aromatic N) is 1. The number of carbonyl (C=O) groups is 2. The highest BCUT2D eigenvalue weighted by atomic mass is 16.1. The van der Waals surface area contributed by atoms with E-state index in [0.717, 1.165) is 32.1 Å². The number of piperidine rings is 1.